The quantitative estimate of drug-likeness (QED) is 0.246. The smallest absolute Gasteiger partial charge is 0.256 e. The summed E-state index contributed by atoms with van der Waals surface area (Å²) in [5.41, 5.74) is 1.54. The Morgan fingerprint density at radius 1 is 0.923 bits per heavy atom. The molecular formula is C30H31N5O4. The van der Waals surface area contributed by atoms with Crippen molar-refractivity contribution in [3.63, 3.8) is 0 Å². The van der Waals surface area contributed by atoms with Gasteiger partial charge < -0.3 is 9.47 Å². The van der Waals surface area contributed by atoms with Crippen LogP contribution in [0.15, 0.2) is 78.3 Å². The van der Waals surface area contributed by atoms with E-state index in [0.29, 0.717) is 43.0 Å². The number of pyridine rings is 2. The Hall–Kier alpha value is -4.26. The van der Waals surface area contributed by atoms with Gasteiger partial charge in [0, 0.05) is 56.4 Å². The summed E-state index contributed by atoms with van der Waals surface area (Å²) in [5.74, 6) is -0.0610. The van der Waals surface area contributed by atoms with Crippen LogP contribution in [0.2, 0.25) is 0 Å². The highest BCUT2D eigenvalue weighted by atomic mass is 16.7. The summed E-state index contributed by atoms with van der Waals surface area (Å²) in [6.07, 6.45) is 6.65. The second-order valence-electron chi connectivity index (χ2n) is 9.17. The SMILES string of the molecule is CCOC(CN1C(=O)C(Cc2ccncc2)(Cc2ccncc2)N=C1CC(=O)c1ccc(C#N)cc1)OCC. The van der Waals surface area contributed by atoms with Crippen molar-refractivity contribution in [3.05, 3.63) is 95.6 Å². The number of amides is 1. The van der Waals surface area contributed by atoms with Crippen molar-refractivity contribution in [1.29, 1.82) is 5.26 Å². The number of aliphatic imine (C=N–C) groups is 1. The van der Waals surface area contributed by atoms with Crippen LogP contribution in [-0.2, 0) is 27.1 Å². The molecule has 0 bridgehead atoms. The Kier molecular flexibility index (Phi) is 9.26. The molecular weight excluding hydrogens is 494 g/mol. The van der Waals surface area contributed by atoms with Crippen molar-refractivity contribution in [2.24, 2.45) is 4.99 Å². The highest BCUT2D eigenvalue weighted by molar-refractivity contribution is 6.17. The van der Waals surface area contributed by atoms with Crippen molar-refractivity contribution < 1.29 is 19.1 Å². The van der Waals surface area contributed by atoms with E-state index in [1.165, 1.54) is 0 Å². The second kappa shape index (κ2) is 13.0. The number of amidine groups is 1. The molecule has 3 heterocycles. The van der Waals surface area contributed by atoms with E-state index in [1.54, 1.807) is 54.0 Å². The third kappa shape index (κ3) is 6.79. The molecule has 0 saturated heterocycles. The maximum Gasteiger partial charge on any atom is 0.256 e. The summed E-state index contributed by atoms with van der Waals surface area (Å²) in [6, 6.07) is 16.0. The van der Waals surface area contributed by atoms with Crippen LogP contribution >= 0.6 is 0 Å². The lowest BCUT2D eigenvalue weighted by molar-refractivity contribution is -0.153. The molecule has 0 saturated carbocycles. The average Bonchev–Trinajstić information content (AvgIpc) is 3.19. The fourth-order valence-electron chi connectivity index (χ4n) is 4.67. The monoisotopic (exact) mass is 525 g/mol. The fourth-order valence-corrected chi connectivity index (χ4v) is 4.67. The molecule has 9 heteroatoms. The largest absolute Gasteiger partial charge is 0.351 e. The first-order chi connectivity index (χ1) is 19.0. The van der Waals surface area contributed by atoms with Crippen LogP contribution in [-0.4, -0.2) is 64.0 Å². The lowest BCUT2D eigenvalue weighted by atomic mass is 9.85. The first-order valence-corrected chi connectivity index (χ1v) is 12.9. The summed E-state index contributed by atoms with van der Waals surface area (Å²) in [5, 5.41) is 9.10. The van der Waals surface area contributed by atoms with Gasteiger partial charge in [-0.05, 0) is 61.4 Å². The minimum Gasteiger partial charge on any atom is -0.351 e. The van der Waals surface area contributed by atoms with Crippen LogP contribution < -0.4 is 0 Å². The van der Waals surface area contributed by atoms with Crippen LogP contribution in [0.1, 0.15) is 47.3 Å². The number of ether oxygens (including phenoxy) is 2. The molecule has 9 nitrogen and oxygen atoms in total. The number of hydrogen-bond donors (Lipinski definition) is 0. The molecule has 0 fully saturated rings. The number of rotatable bonds is 13. The molecule has 1 aliphatic heterocycles. The summed E-state index contributed by atoms with van der Waals surface area (Å²) in [7, 11) is 0. The molecule has 0 spiro atoms. The van der Waals surface area contributed by atoms with E-state index < -0.39 is 11.8 Å². The van der Waals surface area contributed by atoms with Crippen LogP contribution in [0.25, 0.3) is 0 Å². The number of ketones is 1. The van der Waals surface area contributed by atoms with Gasteiger partial charge in [0.05, 0.1) is 24.6 Å². The van der Waals surface area contributed by atoms with Gasteiger partial charge in [0.15, 0.2) is 12.1 Å². The Morgan fingerprint density at radius 2 is 1.46 bits per heavy atom. The Labute approximate surface area is 228 Å². The third-order valence-corrected chi connectivity index (χ3v) is 6.48. The van der Waals surface area contributed by atoms with Gasteiger partial charge in [0.25, 0.3) is 5.91 Å². The number of carbonyl (C=O) groups is 2. The molecule has 1 aliphatic rings. The van der Waals surface area contributed by atoms with Crippen molar-refractivity contribution in [3.8, 4) is 6.07 Å². The van der Waals surface area contributed by atoms with Crippen molar-refractivity contribution in [1.82, 2.24) is 14.9 Å². The van der Waals surface area contributed by atoms with Gasteiger partial charge in [-0.2, -0.15) is 5.26 Å². The van der Waals surface area contributed by atoms with Gasteiger partial charge >= 0.3 is 0 Å². The zero-order valence-electron chi connectivity index (χ0n) is 22.1. The first kappa shape index (κ1) is 27.8. The second-order valence-corrected chi connectivity index (χ2v) is 9.17. The van der Waals surface area contributed by atoms with Crippen LogP contribution in [0, 0.1) is 11.3 Å². The highest BCUT2D eigenvalue weighted by Gasteiger charge is 2.49. The van der Waals surface area contributed by atoms with E-state index >= 15 is 0 Å². The Bertz CT molecular complexity index is 1290. The maximum absolute atomic E-state index is 14.3. The lowest BCUT2D eigenvalue weighted by Crippen LogP contribution is -2.48. The summed E-state index contributed by atoms with van der Waals surface area (Å²) < 4.78 is 11.5. The topological polar surface area (TPSA) is 118 Å². The minimum atomic E-state index is -1.17. The van der Waals surface area contributed by atoms with Crippen molar-refractivity contribution in [2.45, 2.75) is 44.9 Å². The van der Waals surface area contributed by atoms with Gasteiger partial charge in [-0.3, -0.25) is 29.4 Å². The predicted octanol–water partition coefficient (Wildman–Crippen LogP) is 3.79. The maximum atomic E-state index is 14.3. The molecule has 0 N–H and O–H groups in total. The Morgan fingerprint density at radius 3 is 1.95 bits per heavy atom. The van der Waals surface area contributed by atoms with Gasteiger partial charge in [-0.15, -0.1) is 0 Å². The van der Waals surface area contributed by atoms with Crippen LogP contribution in [0.4, 0.5) is 0 Å². The van der Waals surface area contributed by atoms with Crippen LogP contribution in [0.5, 0.6) is 0 Å². The van der Waals surface area contributed by atoms with E-state index in [2.05, 4.69) is 16.0 Å². The van der Waals surface area contributed by atoms with Crippen LogP contribution in [0.3, 0.4) is 0 Å². The molecule has 0 radical (unpaired) electrons. The third-order valence-electron chi connectivity index (χ3n) is 6.48. The highest BCUT2D eigenvalue weighted by Crippen LogP contribution is 2.33. The van der Waals surface area contributed by atoms with Gasteiger partial charge in [0.1, 0.15) is 11.4 Å². The molecule has 0 aliphatic carbocycles. The zero-order chi connectivity index (χ0) is 27.7. The predicted molar refractivity (Wildman–Crippen MR) is 145 cm³/mol. The summed E-state index contributed by atoms with van der Waals surface area (Å²) in [4.78, 5) is 42.4. The molecule has 0 unspecified atom stereocenters. The lowest BCUT2D eigenvalue weighted by Gasteiger charge is -2.29. The van der Waals surface area contributed by atoms with Gasteiger partial charge in [-0.25, -0.2) is 0 Å². The molecule has 2 aromatic heterocycles. The standard InChI is InChI=1S/C30H31N5O4/c1-3-38-28(39-4-2)21-35-27(17-26(36)25-7-5-24(20-31)6-8-25)34-30(29(35)37,18-22-9-13-32-14-10-22)19-23-11-15-33-16-12-23/h5-16,28H,3-4,17-19,21H2,1-2H3. The summed E-state index contributed by atoms with van der Waals surface area (Å²) >= 11 is 0. The number of hydrogen-bond acceptors (Lipinski definition) is 8. The van der Waals surface area contributed by atoms with E-state index in [1.807, 2.05) is 38.1 Å². The molecule has 3 aromatic rings. The van der Waals surface area contributed by atoms with Gasteiger partial charge in [-0.1, -0.05) is 12.1 Å². The Balaban J connectivity index is 1.74. The fraction of sp³-hybridized carbons (Fsp3) is 0.333. The molecule has 1 amide bonds. The zero-order valence-corrected chi connectivity index (χ0v) is 22.1. The number of benzene rings is 1. The normalized spacial score (nSPS) is 14.4. The van der Waals surface area contributed by atoms with E-state index in [-0.39, 0.29) is 24.7 Å². The van der Waals surface area contributed by atoms with E-state index in [0.717, 1.165) is 11.1 Å². The number of nitrogens with zero attached hydrogens (tertiary/aromatic N) is 5. The first-order valence-electron chi connectivity index (χ1n) is 12.9. The molecule has 4 rings (SSSR count). The number of Topliss-reactive ketones (excluding diaryl/α,β-unsaturated/α-hetero) is 1. The average molecular weight is 526 g/mol. The number of aromatic nitrogens is 2. The van der Waals surface area contributed by atoms with E-state index in [9.17, 15) is 9.59 Å². The van der Waals surface area contributed by atoms with Crippen molar-refractivity contribution >= 4 is 17.5 Å². The summed E-state index contributed by atoms with van der Waals surface area (Å²) in [6.45, 7) is 4.64. The molecule has 200 valence electrons. The molecule has 0 atom stereocenters. The number of nitriles is 1. The van der Waals surface area contributed by atoms with Crippen molar-refractivity contribution in [2.75, 3.05) is 19.8 Å². The van der Waals surface area contributed by atoms with E-state index in [4.69, 9.17) is 19.7 Å². The van der Waals surface area contributed by atoms with Gasteiger partial charge in [0.2, 0.25) is 0 Å². The molecule has 1 aromatic carbocycles. The molecule has 39 heavy (non-hydrogen) atoms. The minimum absolute atomic E-state index is 0.0863. The number of carbonyl (C=O) groups excluding carboxylic acids is 2.